The molecule has 3 rings (SSSR count). The Kier molecular flexibility index (Phi) is 3.71. The SMILES string of the molecule is CC(O)c1ccc(N2CCN(CC3CC3)CC2)nc1. The van der Waals surface area contributed by atoms with E-state index in [1.807, 2.05) is 12.1 Å². The van der Waals surface area contributed by atoms with Crippen LogP contribution in [-0.4, -0.2) is 47.7 Å². The summed E-state index contributed by atoms with van der Waals surface area (Å²) in [7, 11) is 0. The van der Waals surface area contributed by atoms with Gasteiger partial charge in [0.05, 0.1) is 6.10 Å². The van der Waals surface area contributed by atoms with Gasteiger partial charge in [0, 0.05) is 38.9 Å². The Balaban J connectivity index is 1.55. The van der Waals surface area contributed by atoms with E-state index in [4.69, 9.17) is 0 Å². The number of anilines is 1. The lowest BCUT2D eigenvalue weighted by Gasteiger charge is -2.35. The molecule has 2 aliphatic rings. The summed E-state index contributed by atoms with van der Waals surface area (Å²) in [6.07, 6.45) is 4.22. The Hall–Kier alpha value is -1.13. The van der Waals surface area contributed by atoms with Crippen LogP contribution in [0.15, 0.2) is 18.3 Å². The van der Waals surface area contributed by atoms with Crippen molar-refractivity contribution in [1.82, 2.24) is 9.88 Å². The normalized spacial score (nSPS) is 22.5. The molecular formula is C15H23N3O. The van der Waals surface area contributed by atoms with Crippen LogP contribution in [0.1, 0.15) is 31.4 Å². The van der Waals surface area contributed by atoms with Gasteiger partial charge in [-0.1, -0.05) is 6.07 Å². The Morgan fingerprint density at radius 2 is 2.00 bits per heavy atom. The average molecular weight is 261 g/mol. The Morgan fingerprint density at radius 1 is 1.26 bits per heavy atom. The predicted octanol–water partition coefficient (Wildman–Crippen LogP) is 1.67. The molecule has 1 aromatic heterocycles. The van der Waals surface area contributed by atoms with Crippen LogP contribution in [0.4, 0.5) is 5.82 Å². The Bertz CT molecular complexity index is 406. The molecule has 19 heavy (non-hydrogen) atoms. The number of nitrogens with zero attached hydrogens (tertiary/aromatic N) is 3. The van der Waals surface area contributed by atoms with E-state index in [9.17, 15) is 5.11 Å². The van der Waals surface area contributed by atoms with Crippen LogP contribution in [0, 0.1) is 5.92 Å². The van der Waals surface area contributed by atoms with Crippen LogP contribution >= 0.6 is 0 Å². The highest BCUT2D eigenvalue weighted by atomic mass is 16.3. The van der Waals surface area contributed by atoms with E-state index in [0.29, 0.717) is 0 Å². The number of piperazine rings is 1. The van der Waals surface area contributed by atoms with E-state index in [0.717, 1.165) is 43.5 Å². The summed E-state index contributed by atoms with van der Waals surface area (Å²) in [6, 6.07) is 4.00. The molecule has 1 aromatic rings. The maximum Gasteiger partial charge on any atom is 0.128 e. The minimum absolute atomic E-state index is 0.433. The zero-order chi connectivity index (χ0) is 13.2. The summed E-state index contributed by atoms with van der Waals surface area (Å²) in [5, 5.41) is 9.49. The molecule has 1 saturated heterocycles. The molecule has 1 unspecified atom stereocenters. The van der Waals surface area contributed by atoms with Crippen molar-refractivity contribution in [3.63, 3.8) is 0 Å². The first-order chi connectivity index (χ1) is 9.22. The Labute approximate surface area is 115 Å². The molecule has 2 fully saturated rings. The molecule has 0 amide bonds. The summed E-state index contributed by atoms with van der Waals surface area (Å²) in [4.78, 5) is 9.39. The van der Waals surface area contributed by atoms with Gasteiger partial charge in [0.2, 0.25) is 0 Å². The third kappa shape index (κ3) is 3.25. The number of pyridine rings is 1. The molecule has 1 saturated carbocycles. The number of rotatable bonds is 4. The van der Waals surface area contributed by atoms with Gasteiger partial charge in [0.15, 0.2) is 0 Å². The largest absolute Gasteiger partial charge is 0.389 e. The first-order valence-corrected chi connectivity index (χ1v) is 7.33. The summed E-state index contributed by atoms with van der Waals surface area (Å²) < 4.78 is 0. The van der Waals surface area contributed by atoms with Crippen molar-refractivity contribution in [3.05, 3.63) is 23.9 Å². The first-order valence-electron chi connectivity index (χ1n) is 7.33. The number of hydrogen-bond acceptors (Lipinski definition) is 4. The lowest BCUT2D eigenvalue weighted by Crippen LogP contribution is -2.47. The van der Waals surface area contributed by atoms with Crippen molar-refractivity contribution in [2.75, 3.05) is 37.6 Å². The van der Waals surface area contributed by atoms with Gasteiger partial charge in [-0.25, -0.2) is 4.98 Å². The standard InChI is InChI=1S/C15H23N3O/c1-12(19)14-4-5-15(16-10-14)18-8-6-17(7-9-18)11-13-2-3-13/h4-5,10,12-13,19H,2-3,6-9,11H2,1H3. The van der Waals surface area contributed by atoms with Gasteiger partial charge in [-0.05, 0) is 37.3 Å². The van der Waals surface area contributed by atoms with Crippen molar-refractivity contribution >= 4 is 5.82 Å². The van der Waals surface area contributed by atoms with Crippen LogP contribution in [0.2, 0.25) is 0 Å². The fraction of sp³-hybridized carbons (Fsp3) is 0.667. The molecule has 0 aromatic carbocycles. The van der Waals surface area contributed by atoms with Gasteiger partial charge in [0.1, 0.15) is 5.82 Å². The van der Waals surface area contributed by atoms with Crippen LogP contribution in [0.5, 0.6) is 0 Å². The van der Waals surface area contributed by atoms with Crippen LogP contribution in [0.3, 0.4) is 0 Å². The average Bonchev–Trinajstić information content (AvgIpc) is 3.24. The highest BCUT2D eigenvalue weighted by Gasteiger charge is 2.26. The second-order valence-electron chi connectivity index (χ2n) is 5.86. The molecule has 1 N–H and O–H groups in total. The monoisotopic (exact) mass is 261 g/mol. The minimum atomic E-state index is -0.433. The number of hydrogen-bond donors (Lipinski definition) is 1. The van der Waals surface area contributed by atoms with E-state index < -0.39 is 6.10 Å². The predicted molar refractivity (Wildman–Crippen MR) is 76.2 cm³/mol. The van der Waals surface area contributed by atoms with Gasteiger partial charge < -0.3 is 10.0 Å². The fourth-order valence-corrected chi connectivity index (χ4v) is 2.66. The van der Waals surface area contributed by atoms with Gasteiger partial charge in [-0.15, -0.1) is 0 Å². The maximum absolute atomic E-state index is 9.49. The van der Waals surface area contributed by atoms with Crippen molar-refractivity contribution < 1.29 is 5.11 Å². The lowest BCUT2D eigenvalue weighted by atomic mass is 10.2. The molecule has 2 heterocycles. The number of aromatic nitrogens is 1. The lowest BCUT2D eigenvalue weighted by molar-refractivity contribution is 0.199. The molecule has 1 atom stereocenters. The van der Waals surface area contributed by atoms with Crippen LogP contribution in [0.25, 0.3) is 0 Å². The molecule has 0 bridgehead atoms. The van der Waals surface area contributed by atoms with Gasteiger partial charge in [-0.3, -0.25) is 4.90 Å². The summed E-state index contributed by atoms with van der Waals surface area (Å²) in [6.45, 7) is 7.49. The second-order valence-corrected chi connectivity index (χ2v) is 5.86. The van der Waals surface area contributed by atoms with Gasteiger partial charge >= 0.3 is 0 Å². The first kappa shape index (κ1) is 12.9. The van der Waals surface area contributed by atoms with Crippen molar-refractivity contribution in [3.8, 4) is 0 Å². The topological polar surface area (TPSA) is 39.6 Å². The molecule has 0 radical (unpaired) electrons. The maximum atomic E-state index is 9.49. The summed E-state index contributed by atoms with van der Waals surface area (Å²) in [5.41, 5.74) is 0.885. The van der Waals surface area contributed by atoms with Gasteiger partial charge in [-0.2, -0.15) is 0 Å². The highest BCUT2D eigenvalue weighted by molar-refractivity contribution is 5.40. The van der Waals surface area contributed by atoms with Gasteiger partial charge in [0.25, 0.3) is 0 Å². The van der Waals surface area contributed by atoms with Crippen LogP contribution in [-0.2, 0) is 0 Å². The zero-order valence-electron chi connectivity index (χ0n) is 11.6. The third-order valence-corrected chi connectivity index (χ3v) is 4.16. The smallest absolute Gasteiger partial charge is 0.128 e. The second kappa shape index (κ2) is 5.47. The van der Waals surface area contributed by atoms with Crippen molar-refractivity contribution in [2.45, 2.75) is 25.9 Å². The Morgan fingerprint density at radius 3 is 2.53 bits per heavy atom. The molecule has 1 aliphatic heterocycles. The van der Waals surface area contributed by atoms with E-state index in [-0.39, 0.29) is 0 Å². The van der Waals surface area contributed by atoms with E-state index >= 15 is 0 Å². The minimum Gasteiger partial charge on any atom is -0.389 e. The third-order valence-electron chi connectivity index (χ3n) is 4.16. The van der Waals surface area contributed by atoms with Crippen molar-refractivity contribution in [2.24, 2.45) is 5.92 Å². The van der Waals surface area contributed by atoms with Crippen LogP contribution < -0.4 is 4.90 Å². The van der Waals surface area contributed by atoms with E-state index in [1.54, 1.807) is 13.1 Å². The molecule has 4 nitrogen and oxygen atoms in total. The van der Waals surface area contributed by atoms with E-state index in [2.05, 4.69) is 14.8 Å². The van der Waals surface area contributed by atoms with Crippen molar-refractivity contribution in [1.29, 1.82) is 0 Å². The zero-order valence-corrected chi connectivity index (χ0v) is 11.6. The molecule has 0 spiro atoms. The molecule has 104 valence electrons. The summed E-state index contributed by atoms with van der Waals surface area (Å²) in [5.74, 6) is 2.02. The molecular weight excluding hydrogens is 238 g/mol. The highest BCUT2D eigenvalue weighted by Crippen LogP contribution is 2.30. The quantitative estimate of drug-likeness (QED) is 0.895. The summed E-state index contributed by atoms with van der Waals surface area (Å²) >= 11 is 0. The number of aliphatic hydroxyl groups is 1. The molecule has 1 aliphatic carbocycles. The molecule has 4 heteroatoms. The van der Waals surface area contributed by atoms with E-state index in [1.165, 1.54) is 19.4 Å². The number of aliphatic hydroxyl groups excluding tert-OH is 1. The fourth-order valence-electron chi connectivity index (χ4n) is 2.66.